The van der Waals surface area contributed by atoms with Gasteiger partial charge in [0.15, 0.2) is 11.6 Å². The molecule has 6 heteroatoms. The Morgan fingerprint density at radius 3 is 2.88 bits per heavy atom. The maximum Gasteiger partial charge on any atom is 0.217 e. The lowest BCUT2D eigenvalue weighted by molar-refractivity contribution is 0.497. The Morgan fingerprint density at radius 2 is 2.12 bits per heavy atom. The number of benzene rings is 1. The third-order valence-corrected chi connectivity index (χ3v) is 3.28. The molecule has 0 aliphatic carbocycles. The molecule has 3 nitrogen and oxygen atoms in total. The zero-order chi connectivity index (χ0) is 12.0. The summed E-state index contributed by atoms with van der Waals surface area (Å²) in [6.45, 7) is 0. The van der Waals surface area contributed by atoms with E-state index in [4.69, 9.17) is 0 Å². The second kappa shape index (κ2) is 3.87. The molecule has 3 rings (SSSR count). The van der Waals surface area contributed by atoms with Gasteiger partial charge in [-0.1, -0.05) is 6.07 Å². The lowest BCUT2D eigenvalue weighted by Gasteiger charge is -2.11. The summed E-state index contributed by atoms with van der Waals surface area (Å²) in [5, 5.41) is 4.21. The third-order valence-electron chi connectivity index (χ3n) is 2.94. The highest BCUT2D eigenvalue weighted by Gasteiger charge is 2.27. The highest BCUT2D eigenvalue weighted by Crippen LogP contribution is 2.31. The minimum atomic E-state index is -0.827. The topological polar surface area (TPSA) is 30.7 Å². The molecule has 88 valence electrons. The minimum Gasteiger partial charge on any atom is -0.241 e. The number of halogens is 3. The molecular weight excluding hydrogens is 292 g/mol. The van der Waals surface area contributed by atoms with Crippen molar-refractivity contribution in [1.82, 2.24) is 14.8 Å². The van der Waals surface area contributed by atoms with Crippen LogP contribution in [0.1, 0.15) is 23.9 Å². The van der Waals surface area contributed by atoms with Gasteiger partial charge in [-0.3, -0.25) is 0 Å². The van der Waals surface area contributed by atoms with Crippen molar-refractivity contribution in [3.05, 3.63) is 46.0 Å². The van der Waals surface area contributed by atoms with Gasteiger partial charge in [0.2, 0.25) is 4.73 Å². The van der Waals surface area contributed by atoms with E-state index < -0.39 is 11.6 Å². The molecule has 0 saturated heterocycles. The van der Waals surface area contributed by atoms with E-state index >= 15 is 0 Å². The second-order valence-electron chi connectivity index (χ2n) is 3.97. The number of aromatic nitrogens is 3. The first-order chi connectivity index (χ1) is 8.15. The maximum absolute atomic E-state index is 13.2. The van der Waals surface area contributed by atoms with Gasteiger partial charge in [-0.25, -0.2) is 18.4 Å². The largest absolute Gasteiger partial charge is 0.241 e. The molecule has 0 bridgehead atoms. The van der Waals surface area contributed by atoms with Gasteiger partial charge in [-0.15, -0.1) is 5.10 Å². The Bertz CT molecular complexity index is 582. The lowest BCUT2D eigenvalue weighted by atomic mass is 10.0. The van der Waals surface area contributed by atoms with Gasteiger partial charge in [-0.2, -0.15) is 0 Å². The quantitative estimate of drug-likeness (QED) is 0.811. The first-order valence-corrected chi connectivity index (χ1v) is 6.00. The summed E-state index contributed by atoms with van der Waals surface area (Å²) in [6, 6.07) is 3.91. The van der Waals surface area contributed by atoms with Gasteiger partial charge in [-0.05, 0) is 40.0 Å². The van der Waals surface area contributed by atoms with Gasteiger partial charge < -0.3 is 0 Å². The molecule has 0 amide bonds. The third kappa shape index (κ3) is 1.76. The van der Waals surface area contributed by atoms with E-state index in [0.717, 1.165) is 30.3 Å². The monoisotopic (exact) mass is 299 g/mol. The van der Waals surface area contributed by atoms with E-state index in [1.165, 1.54) is 6.07 Å². The van der Waals surface area contributed by atoms with E-state index in [9.17, 15) is 8.78 Å². The van der Waals surface area contributed by atoms with Crippen LogP contribution in [-0.2, 0) is 6.42 Å². The van der Waals surface area contributed by atoms with Crippen LogP contribution in [0.3, 0.4) is 0 Å². The fourth-order valence-corrected chi connectivity index (χ4v) is 2.54. The number of rotatable bonds is 1. The molecule has 1 aromatic heterocycles. The lowest BCUT2D eigenvalue weighted by Crippen LogP contribution is -2.08. The number of nitrogens with zero attached hydrogens (tertiary/aromatic N) is 3. The summed E-state index contributed by atoms with van der Waals surface area (Å²) >= 11 is 3.21. The fourth-order valence-electron chi connectivity index (χ4n) is 2.16. The molecule has 1 atom stereocenters. The molecule has 2 heterocycles. The number of hydrogen-bond donors (Lipinski definition) is 0. The van der Waals surface area contributed by atoms with Gasteiger partial charge >= 0.3 is 0 Å². The highest BCUT2D eigenvalue weighted by molar-refractivity contribution is 9.10. The molecular formula is C11H8BrF2N3. The molecule has 2 aromatic rings. The van der Waals surface area contributed by atoms with E-state index in [0.29, 0.717) is 4.73 Å². The molecule has 0 N–H and O–H groups in total. The van der Waals surface area contributed by atoms with Crippen molar-refractivity contribution in [1.29, 1.82) is 0 Å². The highest BCUT2D eigenvalue weighted by atomic mass is 79.9. The Kier molecular flexibility index (Phi) is 2.47. The Hall–Kier alpha value is -1.30. The number of fused-ring (bicyclic) bond motifs is 1. The molecule has 0 fully saturated rings. The zero-order valence-corrected chi connectivity index (χ0v) is 10.3. The van der Waals surface area contributed by atoms with Gasteiger partial charge in [0.1, 0.15) is 5.82 Å². The van der Waals surface area contributed by atoms with Crippen molar-refractivity contribution in [2.75, 3.05) is 0 Å². The number of hydrogen-bond acceptors (Lipinski definition) is 2. The average molecular weight is 300 g/mol. The van der Waals surface area contributed by atoms with Crippen molar-refractivity contribution in [2.45, 2.75) is 18.9 Å². The summed E-state index contributed by atoms with van der Waals surface area (Å²) in [5.41, 5.74) is 0.722. The van der Waals surface area contributed by atoms with Gasteiger partial charge in [0, 0.05) is 6.42 Å². The van der Waals surface area contributed by atoms with Crippen LogP contribution in [0.2, 0.25) is 0 Å². The molecule has 1 aliphatic heterocycles. The van der Waals surface area contributed by atoms with Crippen molar-refractivity contribution in [2.24, 2.45) is 0 Å². The van der Waals surface area contributed by atoms with Gasteiger partial charge in [0.05, 0.1) is 6.04 Å². The zero-order valence-electron chi connectivity index (χ0n) is 8.70. The maximum atomic E-state index is 13.2. The Labute approximate surface area is 105 Å². The first kappa shape index (κ1) is 10.8. The molecule has 0 spiro atoms. The van der Waals surface area contributed by atoms with Crippen LogP contribution in [0, 0.1) is 11.6 Å². The van der Waals surface area contributed by atoms with E-state index in [-0.39, 0.29) is 6.04 Å². The Morgan fingerprint density at radius 1 is 1.29 bits per heavy atom. The summed E-state index contributed by atoms with van der Waals surface area (Å²) in [4.78, 5) is 4.21. The summed E-state index contributed by atoms with van der Waals surface area (Å²) in [6.07, 6.45) is 1.61. The van der Waals surface area contributed by atoms with Gasteiger partial charge in [0.25, 0.3) is 0 Å². The van der Waals surface area contributed by atoms with Crippen LogP contribution in [0.25, 0.3) is 0 Å². The predicted molar refractivity (Wildman–Crippen MR) is 60.5 cm³/mol. The molecule has 1 aliphatic rings. The van der Waals surface area contributed by atoms with Crippen LogP contribution >= 0.6 is 15.9 Å². The minimum absolute atomic E-state index is 0.0566. The molecule has 0 saturated carbocycles. The van der Waals surface area contributed by atoms with Crippen molar-refractivity contribution < 1.29 is 8.78 Å². The van der Waals surface area contributed by atoms with Crippen LogP contribution in [0.15, 0.2) is 22.9 Å². The number of aryl methyl sites for hydroxylation is 1. The van der Waals surface area contributed by atoms with Crippen molar-refractivity contribution >= 4 is 15.9 Å². The van der Waals surface area contributed by atoms with E-state index in [1.54, 1.807) is 10.7 Å². The van der Waals surface area contributed by atoms with E-state index in [1.807, 2.05) is 0 Å². The van der Waals surface area contributed by atoms with Crippen LogP contribution in [-0.4, -0.2) is 14.8 Å². The summed E-state index contributed by atoms with van der Waals surface area (Å²) in [7, 11) is 0. The molecule has 0 unspecified atom stereocenters. The normalized spacial score (nSPS) is 18.4. The van der Waals surface area contributed by atoms with Crippen LogP contribution in [0.5, 0.6) is 0 Å². The van der Waals surface area contributed by atoms with Crippen molar-refractivity contribution in [3.8, 4) is 0 Å². The smallest absolute Gasteiger partial charge is 0.217 e. The summed E-state index contributed by atoms with van der Waals surface area (Å²) in [5.74, 6) is -0.784. The van der Waals surface area contributed by atoms with Crippen LogP contribution < -0.4 is 0 Å². The second-order valence-corrected chi connectivity index (χ2v) is 4.68. The van der Waals surface area contributed by atoms with Crippen LogP contribution in [0.4, 0.5) is 8.78 Å². The predicted octanol–water partition coefficient (Wildman–Crippen LogP) is 2.85. The fraction of sp³-hybridized carbons (Fsp3) is 0.273. The standard InChI is InChI=1S/C11H8BrF2N3/c12-11-15-10-4-3-9(17(10)16-11)6-1-2-7(13)8(14)5-6/h1-2,5,9H,3-4H2/t9-/m0/s1. The average Bonchev–Trinajstić information content (AvgIpc) is 2.81. The Balaban J connectivity index is 2.03. The molecule has 0 radical (unpaired) electrons. The first-order valence-electron chi connectivity index (χ1n) is 5.21. The van der Waals surface area contributed by atoms with Crippen molar-refractivity contribution in [3.63, 3.8) is 0 Å². The molecule has 17 heavy (non-hydrogen) atoms. The molecule has 1 aromatic carbocycles. The van der Waals surface area contributed by atoms with E-state index in [2.05, 4.69) is 26.0 Å². The SMILES string of the molecule is Fc1ccc([C@@H]2CCc3nc(Br)nn32)cc1F. The summed E-state index contributed by atoms with van der Waals surface area (Å²) < 4.78 is 28.3.